The number of benzene rings is 1. The average Bonchev–Trinajstić information content (AvgIpc) is 3.35. The fraction of sp³-hybridized carbons (Fsp3) is 0.167. The van der Waals surface area contributed by atoms with Crippen molar-refractivity contribution >= 4 is 26.6 Å². The van der Waals surface area contributed by atoms with Gasteiger partial charge in [-0.2, -0.15) is 23.4 Å². The van der Waals surface area contributed by atoms with Crippen LogP contribution < -0.4 is 9.46 Å². The number of nitrogens with one attached hydrogen (secondary N) is 1. The highest BCUT2D eigenvalue weighted by Gasteiger charge is 2.32. The monoisotopic (exact) mass is 452 g/mol. The number of rotatable bonds is 5. The molecule has 4 aromatic rings. The van der Waals surface area contributed by atoms with Gasteiger partial charge >= 0.3 is 6.18 Å². The number of hydrogen-bond acceptors (Lipinski definition) is 6. The lowest BCUT2D eigenvalue weighted by atomic mass is 10.2. The molecule has 0 radical (unpaired) electrons. The van der Waals surface area contributed by atoms with E-state index in [1.807, 2.05) is 0 Å². The normalized spacial score (nSPS) is 12.3. The predicted molar refractivity (Wildman–Crippen MR) is 104 cm³/mol. The van der Waals surface area contributed by atoms with Crippen molar-refractivity contribution < 1.29 is 26.3 Å². The number of fused-ring (bicyclic) bond motifs is 1. The standard InChI is InChI=1S/C18H15F3N6O3S/c1-26-17-11(7-23-26)5-13(30-2)6-15(17)25-31(28,29)14-3-4-16(22-9-14)27-10-12(8-24-27)18(19,20)21/h3-10,25H,1-2H3. The third-order valence-electron chi connectivity index (χ3n) is 4.46. The minimum absolute atomic E-state index is 0.0323. The fourth-order valence-electron chi connectivity index (χ4n) is 2.96. The van der Waals surface area contributed by atoms with Gasteiger partial charge in [0.1, 0.15) is 10.6 Å². The zero-order chi connectivity index (χ0) is 22.4. The number of methoxy groups -OCH3 is 1. The SMILES string of the molecule is COc1cc(NS(=O)(=O)c2ccc(-n3cc(C(F)(F)F)cn3)nc2)c2c(cnn2C)c1. The second-order valence-electron chi connectivity index (χ2n) is 6.51. The maximum Gasteiger partial charge on any atom is 0.419 e. The van der Waals surface area contributed by atoms with Gasteiger partial charge in [0.25, 0.3) is 10.0 Å². The van der Waals surface area contributed by atoms with Crippen molar-refractivity contribution in [3.8, 4) is 11.6 Å². The summed E-state index contributed by atoms with van der Waals surface area (Å²) in [5, 5.41) is 8.41. The number of aryl methyl sites for hydroxylation is 1. The van der Waals surface area contributed by atoms with Gasteiger partial charge in [-0.25, -0.2) is 18.1 Å². The Hall–Kier alpha value is -3.61. The highest BCUT2D eigenvalue weighted by molar-refractivity contribution is 7.92. The van der Waals surface area contributed by atoms with E-state index in [4.69, 9.17) is 4.74 Å². The molecule has 9 nitrogen and oxygen atoms in total. The summed E-state index contributed by atoms with van der Waals surface area (Å²) in [6.45, 7) is 0. The minimum atomic E-state index is -4.54. The number of aromatic nitrogens is 5. The van der Waals surface area contributed by atoms with Gasteiger partial charge in [-0.15, -0.1) is 0 Å². The summed E-state index contributed by atoms with van der Waals surface area (Å²) in [7, 11) is -0.935. The van der Waals surface area contributed by atoms with Crippen molar-refractivity contribution in [3.63, 3.8) is 0 Å². The number of anilines is 1. The van der Waals surface area contributed by atoms with E-state index in [1.54, 1.807) is 19.3 Å². The van der Waals surface area contributed by atoms with Crippen LogP contribution in [0.4, 0.5) is 18.9 Å². The van der Waals surface area contributed by atoms with E-state index in [2.05, 4.69) is 19.9 Å². The van der Waals surface area contributed by atoms with Crippen LogP contribution in [0.25, 0.3) is 16.7 Å². The largest absolute Gasteiger partial charge is 0.497 e. The van der Waals surface area contributed by atoms with Gasteiger partial charge in [-0.1, -0.05) is 0 Å². The Morgan fingerprint density at radius 1 is 1.10 bits per heavy atom. The van der Waals surface area contributed by atoms with Gasteiger partial charge in [0.05, 0.1) is 36.3 Å². The lowest BCUT2D eigenvalue weighted by Gasteiger charge is -2.12. The smallest absolute Gasteiger partial charge is 0.419 e. The van der Waals surface area contributed by atoms with Crippen molar-refractivity contribution in [2.24, 2.45) is 7.05 Å². The van der Waals surface area contributed by atoms with Crippen molar-refractivity contribution in [2.45, 2.75) is 11.1 Å². The summed E-state index contributed by atoms with van der Waals surface area (Å²) in [6, 6.07) is 5.72. The van der Waals surface area contributed by atoms with Gasteiger partial charge in [-0.05, 0) is 18.2 Å². The van der Waals surface area contributed by atoms with E-state index < -0.39 is 21.8 Å². The highest BCUT2D eigenvalue weighted by Crippen LogP contribution is 2.31. The second-order valence-corrected chi connectivity index (χ2v) is 8.19. The zero-order valence-electron chi connectivity index (χ0n) is 16.1. The maximum atomic E-state index is 12.9. The van der Waals surface area contributed by atoms with Crippen molar-refractivity contribution in [1.82, 2.24) is 24.5 Å². The quantitative estimate of drug-likeness (QED) is 0.499. The van der Waals surface area contributed by atoms with E-state index in [0.29, 0.717) is 22.8 Å². The molecule has 0 saturated carbocycles. The Kier molecular flexibility index (Phi) is 4.84. The molecule has 3 aromatic heterocycles. The summed E-state index contributed by atoms with van der Waals surface area (Å²) in [5.74, 6) is 0.468. The van der Waals surface area contributed by atoms with E-state index in [0.717, 1.165) is 17.1 Å². The van der Waals surface area contributed by atoms with Crippen LogP contribution in [-0.2, 0) is 23.2 Å². The number of alkyl halides is 3. The summed E-state index contributed by atoms with van der Waals surface area (Å²) in [5.41, 5.74) is -0.142. The number of hydrogen-bond donors (Lipinski definition) is 1. The van der Waals surface area contributed by atoms with Crippen molar-refractivity contribution in [2.75, 3.05) is 11.8 Å². The third kappa shape index (κ3) is 3.91. The maximum absolute atomic E-state index is 12.9. The Labute approximate surface area is 174 Å². The molecule has 0 amide bonds. The molecule has 1 N–H and O–H groups in total. The lowest BCUT2D eigenvalue weighted by Crippen LogP contribution is -2.14. The molecule has 0 bridgehead atoms. The summed E-state index contributed by atoms with van der Waals surface area (Å²) < 4.78 is 74.1. The molecule has 31 heavy (non-hydrogen) atoms. The third-order valence-corrected chi connectivity index (χ3v) is 5.81. The molecular formula is C18H15F3N6O3S. The average molecular weight is 452 g/mol. The topological polar surface area (TPSA) is 104 Å². The lowest BCUT2D eigenvalue weighted by molar-refractivity contribution is -0.137. The first-order valence-electron chi connectivity index (χ1n) is 8.69. The Bertz CT molecular complexity index is 1360. The highest BCUT2D eigenvalue weighted by atomic mass is 32.2. The van der Waals surface area contributed by atoms with Crippen LogP contribution in [0.1, 0.15) is 5.56 Å². The van der Waals surface area contributed by atoms with Gasteiger partial charge in [0, 0.05) is 30.9 Å². The molecule has 0 aliphatic carbocycles. The molecule has 0 saturated heterocycles. The van der Waals surface area contributed by atoms with Crippen LogP contribution in [0.3, 0.4) is 0 Å². The van der Waals surface area contributed by atoms with Gasteiger partial charge in [0.2, 0.25) is 0 Å². The number of pyridine rings is 1. The van der Waals surface area contributed by atoms with Gasteiger partial charge in [0.15, 0.2) is 5.82 Å². The van der Waals surface area contributed by atoms with Gasteiger partial charge in [-0.3, -0.25) is 9.40 Å². The molecule has 1 aromatic carbocycles. The predicted octanol–water partition coefficient (Wildman–Crippen LogP) is 2.98. The molecule has 162 valence electrons. The fourth-order valence-corrected chi connectivity index (χ4v) is 3.96. The molecule has 0 unspecified atom stereocenters. The molecule has 0 aliphatic rings. The molecule has 4 rings (SSSR count). The Morgan fingerprint density at radius 3 is 2.48 bits per heavy atom. The Balaban J connectivity index is 1.65. The second kappa shape index (κ2) is 7.27. The molecule has 0 fully saturated rings. The molecule has 0 spiro atoms. The van der Waals surface area contributed by atoms with Crippen LogP contribution in [-0.4, -0.2) is 40.1 Å². The van der Waals surface area contributed by atoms with E-state index in [9.17, 15) is 21.6 Å². The Morgan fingerprint density at radius 2 is 1.87 bits per heavy atom. The first-order chi connectivity index (χ1) is 14.6. The van der Waals surface area contributed by atoms with E-state index in [-0.39, 0.29) is 16.4 Å². The number of sulfonamides is 1. The molecule has 13 heteroatoms. The zero-order valence-corrected chi connectivity index (χ0v) is 16.9. The van der Waals surface area contributed by atoms with Gasteiger partial charge < -0.3 is 4.74 Å². The van der Waals surface area contributed by atoms with Crippen molar-refractivity contribution in [1.29, 1.82) is 0 Å². The van der Waals surface area contributed by atoms with Crippen molar-refractivity contribution in [3.05, 3.63) is 54.6 Å². The van der Waals surface area contributed by atoms with Crippen LogP contribution in [0.15, 0.2) is 53.9 Å². The van der Waals surface area contributed by atoms with Crippen LogP contribution >= 0.6 is 0 Å². The number of ether oxygens (including phenoxy) is 1. The first-order valence-corrected chi connectivity index (χ1v) is 10.2. The minimum Gasteiger partial charge on any atom is -0.497 e. The summed E-state index contributed by atoms with van der Waals surface area (Å²) >= 11 is 0. The van der Waals surface area contributed by atoms with Crippen LogP contribution in [0.2, 0.25) is 0 Å². The molecule has 3 heterocycles. The number of nitrogens with zero attached hydrogens (tertiary/aromatic N) is 5. The van der Waals surface area contributed by atoms with Crippen LogP contribution in [0, 0.1) is 0 Å². The molecule has 0 atom stereocenters. The summed E-state index contributed by atoms with van der Waals surface area (Å²) in [4.78, 5) is 3.74. The van der Waals surface area contributed by atoms with Crippen LogP contribution in [0.5, 0.6) is 5.75 Å². The number of halogens is 3. The summed E-state index contributed by atoms with van der Waals surface area (Å²) in [6.07, 6.45) is -0.502. The molecule has 0 aliphatic heterocycles. The van der Waals surface area contributed by atoms with E-state index in [1.165, 1.54) is 30.0 Å². The first kappa shape index (κ1) is 20.7. The molecular weight excluding hydrogens is 437 g/mol. The van der Waals surface area contributed by atoms with E-state index >= 15 is 0 Å².